The summed E-state index contributed by atoms with van der Waals surface area (Å²) in [4.78, 5) is 10.6. The molecule has 2 nitrogen and oxygen atoms in total. The number of aryl methyl sites for hydroxylation is 2. The fourth-order valence-electron chi connectivity index (χ4n) is 2.66. The molecule has 0 unspecified atom stereocenters. The summed E-state index contributed by atoms with van der Waals surface area (Å²) in [5, 5.41) is 9.44. The van der Waals surface area contributed by atoms with Crippen LogP contribution in [0.5, 0.6) is 0 Å². The van der Waals surface area contributed by atoms with Gasteiger partial charge in [-0.2, -0.15) is 0 Å². The molecular formula is C17H13ClO2. The largest absolute Gasteiger partial charge is 0.478 e. The predicted octanol–water partition coefficient (Wildman–Crippen LogP) is 4.20. The zero-order valence-corrected chi connectivity index (χ0v) is 11.5. The van der Waals surface area contributed by atoms with Crippen molar-refractivity contribution in [1.82, 2.24) is 0 Å². The Morgan fingerprint density at radius 2 is 1.70 bits per heavy atom. The van der Waals surface area contributed by atoms with E-state index in [1.54, 1.807) is 6.08 Å². The minimum absolute atomic E-state index is 0.771. The molecule has 0 radical (unpaired) electrons. The first-order chi connectivity index (χ1) is 9.63. The highest BCUT2D eigenvalue weighted by molar-refractivity contribution is 6.30. The standard InChI is InChI=1S/C17H13ClO2/c18-14-5-7-16-13(10-14)4-3-12-9-11(1-6-15(12)16)2-8-17(19)20/h1-2,5-10H,3-4H2,(H,19,20). The second-order valence-corrected chi connectivity index (χ2v) is 5.33. The molecule has 0 heterocycles. The lowest BCUT2D eigenvalue weighted by atomic mass is 9.85. The molecule has 0 spiro atoms. The number of hydrogen-bond donors (Lipinski definition) is 1. The van der Waals surface area contributed by atoms with Crippen molar-refractivity contribution in [2.45, 2.75) is 12.8 Å². The molecule has 0 saturated heterocycles. The number of hydrogen-bond acceptors (Lipinski definition) is 1. The maximum absolute atomic E-state index is 10.6. The van der Waals surface area contributed by atoms with Gasteiger partial charge in [0, 0.05) is 11.1 Å². The van der Waals surface area contributed by atoms with Crippen molar-refractivity contribution in [3.63, 3.8) is 0 Å². The average molecular weight is 285 g/mol. The molecular weight excluding hydrogens is 272 g/mol. The van der Waals surface area contributed by atoms with Gasteiger partial charge in [0.25, 0.3) is 0 Å². The Labute approximate surface area is 122 Å². The second-order valence-electron chi connectivity index (χ2n) is 4.89. The third-order valence-corrected chi connectivity index (χ3v) is 3.80. The SMILES string of the molecule is O=C(O)C=Cc1ccc2c(c1)CCc1cc(Cl)ccc1-2. The van der Waals surface area contributed by atoms with Gasteiger partial charge in [0.15, 0.2) is 0 Å². The number of aliphatic carboxylic acids is 1. The van der Waals surface area contributed by atoms with E-state index in [1.165, 1.54) is 22.3 Å². The number of benzene rings is 2. The fourth-order valence-corrected chi connectivity index (χ4v) is 2.85. The number of carboxylic acid groups (broad SMARTS) is 1. The van der Waals surface area contributed by atoms with Crippen molar-refractivity contribution in [3.05, 3.63) is 64.2 Å². The molecule has 1 aliphatic rings. The first-order valence-electron chi connectivity index (χ1n) is 6.46. The van der Waals surface area contributed by atoms with E-state index in [9.17, 15) is 4.79 Å². The predicted molar refractivity (Wildman–Crippen MR) is 81.0 cm³/mol. The molecule has 0 atom stereocenters. The van der Waals surface area contributed by atoms with Crippen LogP contribution in [0, 0.1) is 0 Å². The van der Waals surface area contributed by atoms with Gasteiger partial charge in [-0.3, -0.25) is 0 Å². The van der Waals surface area contributed by atoms with Crippen molar-refractivity contribution in [2.75, 3.05) is 0 Å². The molecule has 0 aliphatic heterocycles. The van der Waals surface area contributed by atoms with Crippen LogP contribution in [-0.4, -0.2) is 11.1 Å². The van der Waals surface area contributed by atoms with Gasteiger partial charge in [-0.15, -0.1) is 0 Å². The monoisotopic (exact) mass is 284 g/mol. The smallest absolute Gasteiger partial charge is 0.328 e. The topological polar surface area (TPSA) is 37.3 Å². The quantitative estimate of drug-likeness (QED) is 0.839. The molecule has 2 aromatic carbocycles. The Morgan fingerprint density at radius 3 is 2.40 bits per heavy atom. The van der Waals surface area contributed by atoms with Crippen LogP contribution in [0.2, 0.25) is 5.02 Å². The third-order valence-electron chi connectivity index (χ3n) is 3.57. The normalized spacial score (nSPS) is 13.1. The van der Waals surface area contributed by atoms with Gasteiger partial charge in [0.2, 0.25) is 0 Å². The van der Waals surface area contributed by atoms with E-state index in [1.807, 2.05) is 18.2 Å². The molecule has 2 aromatic rings. The van der Waals surface area contributed by atoms with E-state index >= 15 is 0 Å². The highest BCUT2D eigenvalue weighted by Crippen LogP contribution is 2.35. The summed E-state index contributed by atoms with van der Waals surface area (Å²) in [5.74, 6) is -0.928. The number of carboxylic acids is 1. The Balaban J connectivity index is 2.03. The summed E-state index contributed by atoms with van der Waals surface area (Å²) in [6.07, 6.45) is 4.71. The highest BCUT2D eigenvalue weighted by Gasteiger charge is 2.16. The molecule has 0 amide bonds. The molecule has 100 valence electrons. The lowest BCUT2D eigenvalue weighted by Crippen LogP contribution is -2.04. The van der Waals surface area contributed by atoms with Crippen LogP contribution in [0.25, 0.3) is 17.2 Å². The zero-order chi connectivity index (χ0) is 14.1. The molecule has 1 aliphatic carbocycles. The molecule has 3 rings (SSSR count). The van der Waals surface area contributed by atoms with E-state index in [2.05, 4.69) is 18.2 Å². The van der Waals surface area contributed by atoms with Crippen molar-refractivity contribution >= 4 is 23.6 Å². The minimum atomic E-state index is -0.928. The number of carbonyl (C=O) groups is 1. The van der Waals surface area contributed by atoms with Crippen LogP contribution in [0.15, 0.2) is 42.5 Å². The van der Waals surface area contributed by atoms with Gasteiger partial charge in [0.1, 0.15) is 0 Å². The van der Waals surface area contributed by atoms with Crippen LogP contribution < -0.4 is 0 Å². The Morgan fingerprint density at radius 1 is 1.05 bits per heavy atom. The summed E-state index contributed by atoms with van der Waals surface area (Å²) in [6.45, 7) is 0. The summed E-state index contributed by atoms with van der Waals surface area (Å²) < 4.78 is 0. The van der Waals surface area contributed by atoms with Gasteiger partial charge in [-0.25, -0.2) is 4.79 Å². The van der Waals surface area contributed by atoms with Gasteiger partial charge in [-0.1, -0.05) is 35.9 Å². The Bertz CT molecular complexity index is 717. The Hall–Kier alpha value is -2.06. The number of halogens is 1. The molecule has 3 heteroatoms. The van der Waals surface area contributed by atoms with Crippen molar-refractivity contribution in [2.24, 2.45) is 0 Å². The van der Waals surface area contributed by atoms with Gasteiger partial charge in [0.05, 0.1) is 0 Å². The van der Waals surface area contributed by atoms with E-state index in [-0.39, 0.29) is 0 Å². The second kappa shape index (κ2) is 5.14. The maximum atomic E-state index is 10.6. The van der Waals surface area contributed by atoms with E-state index in [4.69, 9.17) is 16.7 Å². The molecule has 0 bridgehead atoms. The van der Waals surface area contributed by atoms with Crippen LogP contribution in [0.4, 0.5) is 0 Å². The van der Waals surface area contributed by atoms with Crippen LogP contribution >= 0.6 is 11.6 Å². The molecule has 0 saturated carbocycles. The van der Waals surface area contributed by atoms with Gasteiger partial charge < -0.3 is 5.11 Å². The zero-order valence-electron chi connectivity index (χ0n) is 10.8. The fraction of sp³-hybridized carbons (Fsp3) is 0.118. The molecule has 20 heavy (non-hydrogen) atoms. The minimum Gasteiger partial charge on any atom is -0.478 e. The maximum Gasteiger partial charge on any atom is 0.328 e. The lowest BCUT2D eigenvalue weighted by Gasteiger charge is -2.20. The summed E-state index contributed by atoms with van der Waals surface area (Å²) in [7, 11) is 0. The van der Waals surface area contributed by atoms with Crippen molar-refractivity contribution in [3.8, 4) is 11.1 Å². The van der Waals surface area contributed by atoms with Crippen molar-refractivity contribution < 1.29 is 9.90 Å². The third kappa shape index (κ3) is 2.47. The first-order valence-corrected chi connectivity index (χ1v) is 6.84. The summed E-state index contributed by atoms with van der Waals surface area (Å²) in [5.41, 5.74) is 5.90. The lowest BCUT2D eigenvalue weighted by molar-refractivity contribution is -0.131. The van der Waals surface area contributed by atoms with Crippen LogP contribution in [0.3, 0.4) is 0 Å². The van der Waals surface area contributed by atoms with E-state index in [0.717, 1.165) is 29.5 Å². The summed E-state index contributed by atoms with van der Waals surface area (Å²) >= 11 is 6.04. The van der Waals surface area contributed by atoms with Crippen LogP contribution in [-0.2, 0) is 17.6 Å². The first kappa shape index (κ1) is 12.9. The van der Waals surface area contributed by atoms with Crippen molar-refractivity contribution in [1.29, 1.82) is 0 Å². The van der Waals surface area contributed by atoms with Crippen LogP contribution in [0.1, 0.15) is 16.7 Å². The van der Waals surface area contributed by atoms with E-state index in [0.29, 0.717) is 0 Å². The van der Waals surface area contributed by atoms with Gasteiger partial charge in [-0.05, 0) is 58.9 Å². The highest BCUT2D eigenvalue weighted by atomic mass is 35.5. The summed E-state index contributed by atoms with van der Waals surface area (Å²) in [6, 6.07) is 12.1. The number of fused-ring (bicyclic) bond motifs is 3. The van der Waals surface area contributed by atoms with E-state index < -0.39 is 5.97 Å². The Kier molecular flexibility index (Phi) is 3.33. The van der Waals surface area contributed by atoms with Gasteiger partial charge >= 0.3 is 5.97 Å². The molecule has 0 fully saturated rings. The number of rotatable bonds is 2. The average Bonchev–Trinajstić information content (AvgIpc) is 2.44. The molecule has 0 aromatic heterocycles. The molecule has 1 N–H and O–H groups in total.